The minimum absolute atomic E-state index is 0.116. The highest BCUT2D eigenvalue weighted by atomic mass is 32.1. The van der Waals surface area contributed by atoms with Crippen LogP contribution >= 0.6 is 11.5 Å². The number of aryl methyl sites for hydroxylation is 1. The van der Waals surface area contributed by atoms with Crippen LogP contribution in [-0.4, -0.2) is 41.5 Å². The maximum atomic E-state index is 13.0. The number of rotatable bonds is 3. The predicted octanol–water partition coefficient (Wildman–Crippen LogP) is 2.86. The third kappa shape index (κ3) is 3.37. The molecule has 0 radical (unpaired) electrons. The molecule has 1 unspecified atom stereocenters. The molecule has 3 aromatic rings. The molecule has 27 heavy (non-hydrogen) atoms. The van der Waals surface area contributed by atoms with Gasteiger partial charge in [-0.1, -0.05) is 12.1 Å². The molecule has 1 aliphatic rings. The van der Waals surface area contributed by atoms with Gasteiger partial charge in [0.05, 0.1) is 6.04 Å². The van der Waals surface area contributed by atoms with E-state index in [1.807, 2.05) is 18.4 Å². The quantitative estimate of drug-likeness (QED) is 0.649. The van der Waals surface area contributed by atoms with Crippen molar-refractivity contribution in [2.75, 3.05) is 6.54 Å². The van der Waals surface area contributed by atoms with Gasteiger partial charge in [0.15, 0.2) is 16.7 Å². The molecule has 0 fully saturated rings. The van der Waals surface area contributed by atoms with E-state index in [0.29, 0.717) is 24.7 Å². The highest BCUT2D eigenvalue weighted by molar-refractivity contribution is 7.09. The average Bonchev–Trinajstić information content (AvgIpc) is 3.27. The summed E-state index contributed by atoms with van der Waals surface area (Å²) in [5, 5.41) is 9.26. The molecule has 0 spiro atoms. The Kier molecular flexibility index (Phi) is 4.53. The number of carbonyl (C=O) groups excluding carboxylic acids is 1. The molecule has 9 heteroatoms. The molecule has 0 N–H and O–H groups in total. The Morgan fingerprint density at radius 1 is 1.26 bits per heavy atom. The van der Waals surface area contributed by atoms with Crippen LogP contribution in [0.15, 0.2) is 30.3 Å². The molecule has 4 rings (SSSR count). The Balaban J connectivity index is 1.53. The van der Waals surface area contributed by atoms with Gasteiger partial charge >= 0.3 is 0 Å². The third-order valence-corrected chi connectivity index (χ3v) is 5.28. The number of halogens is 1. The van der Waals surface area contributed by atoms with Gasteiger partial charge in [-0.05, 0) is 49.2 Å². The van der Waals surface area contributed by atoms with Gasteiger partial charge in [-0.2, -0.15) is 4.37 Å². The second kappa shape index (κ2) is 6.99. The van der Waals surface area contributed by atoms with E-state index in [0.717, 1.165) is 16.4 Å². The number of benzene rings is 1. The van der Waals surface area contributed by atoms with Crippen molar-refractivity contribution in [1.82, 2.24) is 29.0 Å². The first-order valence-corrected chi connectivity index (χ1v) is 9.28. The molecule has 2 aromatic heterocycles. The molecule has 1 aromatic carbocycles. The molecular weight excluding hydrogens is 367 g/mol. The summed E-state index contributed by atoms with van der Waals surface area (Å²) in [6, 6.07) is 5.79. The molecule has 0 aliphatic carbocycles. The number of fused-ring (bicyclic) bond motifs is 1. The number of amides is 1. The van der Waals surface area contributed by atoms with Crippen molar-refractivity contribution in [2.24, 2.45) is 0 Å². The fourth-order valence-electron chi connectivity index (χ4n) is 3.07. The zero-order chi connectivity index (χ0) is 19.0. The molecular formula is C18H17FN6OS. The molecule has 0 bridgehead atoms. The maximum absolute atomic E-state index is 13.0. The van der Waals surface area contributed by atoms with Crippen molar-refractivity contribution in [2.45, 2.75) is 26.4 Å². The lowest BCUT2D eigenvalue weighted by atomic mass is 10.1. The highest BCUT2D eigenvalue weighted by Crippen LogP contribution is 2.29. The van der Waals surface area contributed by atoms with E-state index < -0.39 is 0 Å². The topological polar surface area (TPSA) is 76.8 Å². The first-order valence-electron chi connectivity index (χ1n) is 8.51. The first kappa shape index (κ1) is 17.5. The Morgan fingerprint density at radius 2 is 2.04 bits per heavy atom. The van der Waals surface area contributed by atoms with Crippen LogP contribution in [0.1, 0.15) is 30.2 Å². The van der Waals surface area contributed by atoms with Crippen molar-refractivity contribution in [1.29, 1.82) is 0 Å². The monoisotopic (exact) mass is 384 g/mol. The van der Waals surface area contributed by atoms with Crippen LogP contribution in [0.5, 0.6) is 0 Å². The molecule has 1 atom stereocenters. The standard InChI is InChI=1S/C18H17FN6OS/c1-11-16-21-22-17(18-20-12(2)23-27-18)25(16)10-9-24(11)15(26)8-5-13-3-6-14(19)7-4-13/h3-8,11H,9-10H2,1-2H3/b8-5+. The van der Waals surface area contributed by atoms with Crippen LogP contribution in [0, 0.1) is 12.7 Å². The molecule has 1 amide bonds. The average molecular weight is 384 g/mol. The summed E-state index contributed by atoms with van der Waals surface area (Å²) in [7, 11) is 0. The van der Waals surface area contributed by atoms with Gasteiger partial charge in [-0.15, -0.1) is 10.2 Å². The van der Waals surface area contributed by atoms with Crippen molar-refractivity contribution in [3.8, 4) is 10.8 Å². The fourth-order valence-corrected chi connectivity index (χ4v) is 3.73. The number of aromatic nitrogens is 5. The Morgan fingerprint density at radius 3 is 2.74 bits per heavy atom. The van der Waals surface area contributed by atoms with E-state index in [9.17, 15) is 9.18 Å². The van der Waals surface area contributed by atoms with Crippen LogP contribution in [0.25, 0.3) is 16.9 Å². The number of carbonyl (C=O) groups is 1. The Bertz CT molecular complexity index is 1010. The first-order chi connectivity index (χ1) is 13.0. The molecule has 138 valence electrons. The summed E-state index contributed by atoms with van der Waals surface area (Å²) in [4.78, 5) is 18.8. The minimum Gasteiger partial charge on any atom is -0.327 e. The lowest BCUT2D eigenvalue weighted by Crippen LogP contribution is -2.40. The maximum Gasteiger partial charge on any atom is 0.247 e. The van der Waals surface area contributed by atoms with Crippen molar-refractivity contribution in [3.05, 3.63) is 53.4 Å². The third-order valence-electron chi connectivity index (χ3n) is 4.48. The number of nitrogens with zero attached hydrogens (tertiary/aromatic N) is 6. The number of hydrogen-bond acceptors (Lipinski definition) is 6. The second-order valence-electron chi connectivity index (χ2n) is 6.27. The lowest BCUT2D eigenvalue weighted by Gasteiger charge is -2.32. The summed E-state index contributed by atoms with van der Waals surface area (Å²) >= 11 is 1.29. The lowest BCUT2D eigenvalue weighted by molar-refractivity contribution is -0.129. The summed E-state index contributed by atoms with van der Waals surface area (Å²) in [5.74, 6) is 1.71. The Hall–Kier alpha value is -2.94. The van der Waals surface area contributed by atoms with Gasteiger partial charge < -0.3 is 9.47 Å². The Labute approximate surface area is 159 Å². The predicted molar refractivity (Wildman–Crippen MR) is 99.2 cm³/mol. The summed E-state index contributed by atoms with van der Waals surface area (Å²) < 4.78 is 19.2. The van der Waals surface area contributed by atoms with E-state index in [1.165, 1.54) is 29.7 Å². The zero-order valence-electron chi connectivity index (χ0n) is 14.8. The summed E-state index contributed by atoms with van der Waals surface area (Å²) in [5.41, 5.74) is 0.770. The number of hydrogen-bond donors (Lipinski definition) is 0. The fraction of sp³-hybridized carbons (Fsp3) is 0.278. The SMILES string of the molecule is Cc1nsc(-c2nnc3n2CCN(C(=O)/C=C/c2ccc(F)cc2)C3C)n1. The van der Waals surface area contributed by atoms with Crippen molar-refractivity contribution < 1.29 is 9.18 Å². The summed E-state index contributed by atoms with van der Waals surface area (Å²) in [6.07, 6.45) is 3.19. The smallest absolute Gasteiger partial charge is 0.247 e. The van der Waals surface area contributed by atoms with Gasteiger partial charge in [0.2, 0.25) is 5.91 Å². The van der Waals surface area contributed by atoms with Crippen LogP contribution in [-0.2, 0) is 11.3 Å². The highest BCUT2D eigenvalue weighted by Gasteiger charge is 2.31. The van der Waals surface area contributed by atoms with Crippen molar-refractivity contribution in [3.63, 3.8) is 0 Å². The minimum atomic E-state index is -0.302. The van der Waals surface area contributed by atoms with E-state index in [2.05, 4.69) is 19.6 Å². The summed E-state index contributed by atoms with van der Waals surface area (Å²) in [6.45, 7) is 4.91. The molecule has 0 saturated carbocycles. The molecule has 0 saturated heterocycles. The van der Waals surface area contributed by atoms with Crippen LogP contribution in [0.4, 0.5) is 4.39 Å². The van der Waals surface area contributed by atoms with Gasteiger partial charge in [0.25, 0.3) is 0 Å². The van der Waals surface area contributed by atoms with Gasteiger partial charge in [0.1, 0.15) is 11.6 Å². The van der Waals surface area contributed by atoms with Gasteiger partial charge in [0, 0.05) is 19.2 Å². The largest absolute Gasteiger partial charge is 0.327 e. The zero-order valence-corrected chi connectivity index (χ0v) is 15.6. The van der Waals surface area contributed by atoms with Gasteiger partial charge in [-0.25, -0.2) is 9.37 Å². The van der Waals surface area contributed by atoms with E-state index in [-0.39, 0.29) is 17.8 Å². The molecule has 1 aliphatic heterocycles. The van der Waals surface area contributed by atoms with E-state index >= 15 is 0 Å². The van der Waals surface area contributed by atoms with E-state index in [4.69, 9.17) is 0 Å². The normalized spacial score (nSPS) is 16.7. The van der Waals surface area contributed by atoms with E-state index in [1.54, 1.807) is 23.1 Å². The van der Waals surface area contributed by atoms with Crippen LogP contribution in [0.2, 0.25) is 0 Å². The molecule has 3 heterocycles. The molecule has 7 nitrogen and oxygen atoms in total. The van der Waals surface area contributed by atoms with Crippen LogP contribution < -0.4 is 0 Å². The van der Waals surface area contributed by atoms with Crippen LogP contribution in [0.3, 0.4) is 0 Å². The van der Waals surface area contributed by atoms with Crippen molar-refractivity contribution >= 4 is 23.5 Å². The van der Waals surface area contributed by atoms with Gasteiger partial charge in [-0.3, -0.25) is 4.79 Å². The second-order valence-corrected chi connectivity index (χ2v) is 7.02.